The Hall–Kier alpha value is -0.340. The van der Waals surface area contributed by atoms with E-state index in [2.05, 4.69) is 24.4 Å². The average molecular weight is 223 g/mol. The number of rotatable bonds is 3. The molecule has 1 aliphatic rings. The largest absolute Gasteiger partial charge is 0.325 e. The summed E-state index contributed by atoms with van der Waals surface area (Å²) < 4.78 is 0. The zero-order valence-corrected chi connectivity index (χ0v) is 10.4. The fourth-order valence-electron chi connectivity index (χ4n) is 2.92. The number of thiophene rings is 1. The van der Waals surface area contributed by atoms with Gasteiger partial charge in [-0.25, -0.2) is 0 Å². The molecule has 84 valence electrons. The van der Waals surface area contributed by atoms with Crippen molar-refractivity contribution in [2.45, 2.75) is 51.0 Å². The second-order valence-corrected chi connectivity index (χ2v) is 5.87. The van der Waals surface area contributed by atoms with Crippen molar-refractivity contribution in [3.8, 4) is 0 Å². The predicted molar refractivity (Wildman–Crippen MR) is 67.2 cm³/mol. The van der Waals surface area contributed by atoms with Crippen LogP contribution in [0.5, 0.6) is 0 Å². The van der Waals surface area contributed by atoms with Gasteiger partial charge in [-0.1, -0.05) is 32.3 Å². The molecule has 1 aliphatic carbocycles. The van der Waals surface area contributed by atoms with Crippen LogP contribution in [0.4, 0.5) is 0 Å². The first-order valence-corrected chi connectivity index (χ1v) is 6.94. The van der Waals surface area contributed by atoms with Crippen molar-refractivity contribution in [1.29, 1.82) is 0 Å². The third-order valence-corrected chi connectivity index (χ3v) is 4.71. The van der Waals surface area contributed by atoms with Gasteiger partial charge < -0.3 is 5.73 Å². The van der Waals surface area contributed by atoms with E-state index in [1.54, 1.807) is 0 Å². The van der Waals surface area contributed by atoms with E-state index in [-0.39, 0.29) is 5.54 Å². The van der Waals surface area contributed by atoms with Gasteiger partial charge in [0.2, 0.25) is 0 Å². The molecule has 0 aliphatic heterocycles. The van der Waals surface area contributed by atoms with Gasteiger partial charge in [-0.15, -0.1) is 11.3 Å². The number of hydrogen-bond acceptors (Lipinski definition) is 2. The summed E-state index contributed by atoms with van der Waals surface area (Å²) in [5.41, 5.74) is 6.69. The average Bonchev–Trinajstić information content (AvgIpc) is 2.70. The van der Waals surface area contributed by atoms with Crippen molar-refractivity contribution in [3.63, 3.8) is 0 Å². The van der Waals surface area contributed by atoms with Crippen LogP contribution in [0.1, 0.15) is 43.9 Å². The molecule has 1 fully saturated rings. The van der Waals surface area contributed by atoms with Gasteiger partial charge in [0.1, 0.15) is 0 Å². The van der Waals surface area contributed by atoms with E-state index in [0.717, 1.165) is 12.3 Å². The van der Waals surface area contributed by atoms with Gasteiger partial charge in [-0.2, -0.15) is 0 Å². The molecule has 0 spiro atoms. The van der Waals surface area contributed by atoms with Crippen LogP contribution < -0.4 is 5.73 Å². The third-order valence-electron chi connectivity index (χ3n) is 3.83. The van der Waals surface area contributed by atoms with Crippen molar-refractivity contribution in [3.05, 3.63) is 22.4 Å². The van der Waals surface area contributed by atoms with Gasteiger partial charge in [-0.3, -0.25) is 0 Å². The highest BCUT2D eigenvalue weighted by Crippen LogP contribution is 2.37. The van der Waals surface area contributed by atoms with Gasteiger partial charge in [0, 0.05) is 16.8 Å². The maximum Gasteiger partial charge on any atom is 0.0231 e. The molecule has 2 rings (SSSR count). The van der Waals surface area contributed by atoms with Crippen LogP contribution in [0.3, 0.4) is 0 Å². The molecule has 1 saturated carbocycles. The van der Waals surface area contributed by atoms with Crippen molar-refractivity contribution in [1.82, 2.24) is 0 Å². The summed E-state index contributed by atoms with van der Waals surface area (Å²) in [7, 11) is 0. The summed E-state index contributed by atoms with van der Waals surface area (Å²) in [5.74, 6) is 0.730. The monoisotopic (exact) mass is 223 g/mol. The zero-order valence-electron chi connectivity index (χ0n) is 9.54. The highest BCUT2D eigenvalue weighted by atomic mass is 32.1. The van der Waals surface area contributed by atoms with Gasteiger partial charge >= 0.3 is 0 Å². The molecule has 2 heteroatoms. The van der Waals surface area contributed by atoms with Crippen molar-refractivity contribution >= 4 is 11.3 Å². The lowest BCUT2D eigenvalue weighted by molar-refractivity contribution is 0.183. The molecule has 0 saturated heterocycles. The molecule has 0 amide bonds. The van der Waals surface area contributed by atoms with Gasteiger partial charge in [-0.05, 0) is 30.2 Å². The highest BCUT2D eigenvalue weighted by Gasteiger charge is 2.36. The van der Waals surface area contributed by atoms with Gasteiger partial charge in [0.05, 0.1) is 0 Å². The molecule has 0 radical (unpaired) electrons. The molecule has 2 atom stereocenters. The minimum atomic E-state index is 0.0812. The maximum absolute atomic E-state index is 6.61. The summed E-state index contributed by atoms with van der Waals surface area (Å²) in [6.45, 7) is 2.28. The topological polar surface area (TPSA) is 26.0 Å². The van der Waals surface area contributed by atoms with Crippen molar-refractivity contribution in [2.24, 2.45) is 11.7 Å². The third kappa shape index (κ3) is 2.43. The molecule has 1 aromatic rings. The smallest absolute Gasteiger partial charge is 0.0231 e. The quantitative estimate of drug-likeness (QED) is 0.832. The lowest BCUT2D eigenvalue weighted by Crippen LogP contribution is -2.50. The second-order valence-electron chi connectivity index (χ2n) is 4.84. The first-order valence-electron chi connectivity index (χ1n) is 6.06. The molecule has 1 aromatic heterocycles. The summed E-state index contributed by atoms with van der Waals surface area (Å²) in [4.78, 5) is 1.46. The number of nitrogens with two attached hydrogens (primary N) is 1. The van der Waals surface area contributed by atoms with Crippen LogP contribution >= 0.6 is 11.3 Å². The van der Waals surface area contributed by atoms with Crippen molar-refractivity contribution < 1.29 is 0 Å². The van der Waals surface area contributed by atoms with E-state index in [4.69, 9.17) is 5.73 Å². The molecule has 2 unspecified atom stereocenters. The lowest BCUT2D eigenvalue weighted by atomic mass is 9.70. The van der Waals surface area contributed by atoms with Crippen LogP contribution in [0.25, 0.3) is 0 Å². The number of hydrogen-bond donors (Lipinski definition) is 1. The standard InChI is InChI=1S/C13H21NS/c1-2-11-6-3-4-8-13(11,14)10-12-7-5-9-15-12/h5,7,9,11H,2-4,6,8,10,14H2,1H3. The van der Waals surface area contributed by atoms with E-state index < -0.39 is 0 Å². The van der Waals surface area contributed by atoms with E-state index >= 15 is 0 Å². The SMILES string of the molecule is CCC1CCCCC1(N)Cc1cccs1. The Morgan fingerprint density at radius 2 is 2.40 bits per heavy atom. The van der Waals surface area contributed by atoms with Gasteiger partial charge in [0.15, 0.2) is 0 Å². The first-order chi connectivity index (χ1) is 7.24. The molecular weight excluding hydrogens is 202 g/mol. The minimum absolute atomic E-state index is 0.0812. The normalized spacial score (nSPS) is 31.7. The summed E-state index contributed by atoms with van der Waals surface area (Å²) in [5, 5.41) is 2.16. The predicted octanol–water partition coefficient (Wildman–Crippen LogP) is 3.59. The van der Waals surface area contributed by atoms with E-state index in [0.29, 0.717) is 0 Å². The molecule has 2 N–H and O–H groups in total. The Morgan fingerprint density at radius 1 is 1.53 bits per heavy atom. The van der Waals surface area contributed by atoms with E-state index in [1.165, 1.54) is 37.0 Å². The maximum atomic E-state index is 6.61. The fraction of sp³-hybridized carbons (Fsp3) is 0.692. The summed E-state index contributed by atoms with van der Waals surface area (Å²) in [6, 6.07) is 4.35. The molecule has 0 bridgehead atoms. The molecule has 15 heavy (non-hydrogen) atoms. The van der Waals surface area contributed by atoms with Crippen molar-refractivity contribution in [2.75, 3.05) is 0 Å². The minimum Gasteiger partial charge on any atom is -0.325 e. The first kappa shape index (κ1) is 11.2. The van der Waals surface area contributed by atoms with Crippen LogP contribution in [0.15, 0.2) is 17.5 Å². The van der Waals surface area contributed by atoms with Crippen LogP contribution in [0.2, 0.25) is 0 Å². The Labute approximate surface area is 96.7 Å². The van der Waals surface area contributed by atoms with E-state index in [9.17, 15) is 0 Å². The second kappa shape index (κ2) is 4.67. The van der Waals surface area contributed by atoms with E-state index in [1.807, 2.05) is 11.3 Å². The summed E-state index contributed by atoms with van der Waals surface area (Å²) in [6.07, 6.45) is 7.56. The molecule has 0 aromatic carbocycles. The molecule has 1 heterocycles. The Morgan fingerprint density at radius 3 is 3.07 bits per heavy atom. The lowest BCUT2D eigenvalue weighted by Gasteiger charge is -2.41. The fourth-order valence-corrected chi connectivity index (χ4v) is 3.76. The van der Waals surface area contributed by atoms with Crippen LogP contribution in [0, 0.1) is 5.92 Å². The molecule has 1 nitrogen and oxygen atoms in total. The van der Waals surface area contributed by atoms with Crippen LogP contribution in [-0.4, -0.2) is 5.54 Å². The highest BCUT2D eigenvalue weighted by molar-refractivity contribution is 7.09. The Kier molecular flexibility index (Phi) is 3.47. The Balaban J connectivity index is 2.09. The Bertz CT molecular complexity index is 293. The summed E-state index contributed by atoms with van der Waals surface area (Å²) >= 11 is 1.85. The molecular formula is C13H21NS. The zero-order chi connectivity index (χ0) is 10.7. The van der Waals surface area contributed by atoms with Crippen LogP contribution in [-0.2, 0) is 6.42 Å². The van der Waals surface area contributed by atoms with Gasteiger partial charge in [0.25, 0.3) is 0 Å².